The number of benzene rings is 2. The highest BCUT2D eigenvalue weighted by atomic mass is 79.9. The molecular formula is C18H10Br2N2O2S. The van der Waals surface area contributed by atoms with Crippen LogP contribution in [0.15, 0.2) is 73.5 Å². The Kier molecular flexibility index (Phi) is 5.04. The first-order valence-electron chi connectivity index (χ1n) is 7.08. The van der Waals surface area contributed by atoms with Crippen molar-refractivity contribution in [3.8, 4) is 6.07 Å². The van der Waals surface area contributed by atoms with Crippen LogP contribution in [0.3, 0.4) is 0 Å². The normalized spacial score (nSPS) is 12.1. The Hall–Kier alpha value is -2.01. The molecular weight excluding hydrogens is 468 g/mol. The maximum absolute atomic E-state index is 12.9. The average Bonchev–Trinajstić information content (AvgIpc) is 2.61. The van der Waals surface area contributed by atoms with E-state index in [1.807, 2.05) is 6.07 Å². The Labute approximate surface area is 162 Å². The van der Waals surface area contributed by atoms with Gasteiger partial charge in [-0.1, -0.05) is 28.1 Å². The molecule has 4 nitrogen and oxygen atoms in total. The van der Waals surface area contributed by atoms with Gasteiger partial charge in [-0.05, 0) is 64.0 Å². The van der Waals surface area contributed by atoms with Gasteiger partial charge in [0, 0.05) is 20.5 Å². The van der Waals surface area contributed by atoms with Gasteiger partial charge in [0.2, 0.25) is 9.84 Å². The molecule has 0 aliphatic rings. The molecule has 0 aliphatic heterocycles. The number of sulfone groups is 1. The highest BCUT2D eigenvalue weighted by Gasteiger charge is 2.23. The van der Waals surface area contributed by atoms with E-state index in [9.17, 15) is 13.7 Å². The van der Waals surface area contributed by atoms with E-state index < -0.39 is 9.84 Å². The summed E-state index contributed by atoms with van der Waals surface area (Å²) < 4.78 is 26.7. The van der Waals surface area contributed by atoms with E-state index >= 15 is 0 Å². The molecule has 0 unspecified atom stereocenters. The van der Waals surface area contributed by atoms with Crippen molar-refractivity contribution in [3.05, 3.63) is 74.1 Å². The van der Waals surface area contributed by atoms with Crippen LogP contribution in [0.5, 0.6) is 0 Å². The lowest BCUT2D eigenvalue weighted by atomic mass is 10.1. The molecule has 0 amide bonds. The molecule has 0 fully saturated rings. The standard InChI is InChI=1S/C18H10Br2N2O2S/c19-14-4-5-16(20)18(10-14)25(23,24)15(11-21)9-12-3-6-17-13(8-12)2-1-7-22-17/h1-10H/b15-9-. The zero-order valence-corrected chi connectivity index (χ0v) is 16.6. The molecule has 0 radical (unpaired) electrons. The van der Waals surface area contributed by atoms with Crippen molar-refractivity contribution in [2.45, 2.75) is 4.90 Å². The van der Waals surface area contributed by atoms with Gasteiger partial charge < -0.3 is 0 Å². The Bertz CT molecular complexity index is 1150. The summed E-state index contributed by atoms with van der Waals surface area (Å²) in [6.07, 6.45) is 3.06. The molecule has 2 aromatic carbocycles. The van der Waals surface area contributed by atoms with Gasteiger partial charge in [0.05, 0.1) is 10.4 Å². The number of rotatable bonds is 3. The Morgan fingerprint density at radius 3 is 2.68 bits per heavy atom. The fraction of sp³-hybridized carbons (Fsp3) is 0. The van der Waals surface area contributed by atoms with Crippen molar-refractivity contribution < 1.29 is 8.42 Å². The molecule has 0 N–H and O–H groups in total. The van der Waals surface area contributed by atoms with Crippen LogP contribution in [0, 0.1) is 11.3 Å². The van der Waals surface area contributed by atoms with Gasteiger partial charge in [-0.2, -0.15) is 5.26 Å². The second kappa shape index (κ2) is 7.08. The summed E-state index contributed by atoms with van der Waals surface area (Å²) in [7, 11) is -3.95. The molecule has 0 spiro atoms. The van der Waals surface area contributed by atoms with Gasteiger partial charge in [0.25, 0.3) is 0 Å². The Morgan fingerprint density at radius 1 is 1.12 bits per heavy atom. The molecule has 25 heavy (non-hydrogen) atoms. The Morgan fingerprint density at radius 2 is 1.92 bits per heavy atom. The summed E-state index contributed by atoms with van der Waals surface area (Å²) in [5, 5.41) is 10.3. The number of fused-ring (bicyclic) bond motifs is 1. The molecule has 0 saturated heterocycles. The number of halogens is 2. The van der Waals surface area contributed by atoms with Crippen LogP contribution in [0.2, 0.25) is 0 Å². The SMILES string of the molecule is N#C/C(=C/c1ccc2ncccc2c1)S(=O)(=O)c1cc(Br)ccc1Br. The largest absolute Gasteiger partial charge is 0.256 e. The van der Waals surface area contributed by atoms with Crippen LogP contribution in [-0.4, -0.2) is 13.4 Å². The molecule has 3 aromatic rings. The quantitative estimate of drug-likeness (QED) is 0.492. The lowest BCUT2D eigenvalue weighted by Gasteiger charge is -2.07. The number of nitriles is 1. The average molecular weight is 478 g/mol. The maximum Gasteiger partial charge on any atom is 0.217 e. The monoisotopic (exact) mass is 476 g/mol. The van der Waals surface area contributed by atoms with Gasteiger partial charge >= 0.3 is 0 Å². The van der Waals surface area contributed by atoms with E-state index in [2.05, 4.69) is 36.8 Å². The molecule has 0 bridgehead atoms. The van der Waals surface area contributed by atoms with E-state index in [-0.39, 0.29) is 9.80 Å². The minimum absolute atomic E-state index is 0.0390. The highest BCUT2D eigenvalue weighted by molar-refractivity contribution is 9.11. The van der Waals surface area contributed by atoms with Gasteiger partial charge in [-0.25, -0.2) is 8.42 Å². The smallest absolute Gasteiger partial charge is 0.217 e. The van der Waals surface area contributed by atoms with Gasteiger partial charge in [0.15, 0.2) is 0 Å². The molecule has 124 valence electrons. The van der Waals surface area contributed by atoms with Gasteiger partial charge in [-0.3, -0.25) is 4.98 Å². The van der Waals surface area contributed by atoms with Crippen LogP contribution >= 0.6 is 31.9 Å². The summed E-state index contributed by atoms with van der Waals surface area (Å²) in [6, 6.07) is 15.6. The third kappa shape index (κ3) is 3.66. The zero-order valence-electron chi connectivity index (χ0n) is 12.6. The molecule has 3 rings (SSSR count). The van der Waals surface area contributed by atoms with Crippen molar-refractivity contribution in [1.29, 1.82) is 5.26 Å². The predicted molar refractivity (Wildman–Crippen MR) is 104 cm³/mol. The second-order valence-electron chi connectivity index (χ2n) is 5.15. The van der Waals surface area contributed by atoms with Crippen molar-refractivity contribution in [3.63, 3.8) is 0 Å². The zero-order chi connectivity index (χ0) is 18.0. The first-order chi connectivity index (χ1) is 11.9. The number of hydrogen-bond donors (Lipinski definition) is 0. The summed E-state index contributed by atoms with van der Waals surface area (Å²) in [5.41, 5.74) is 1.42. The van der Waals surface area contributed by atoms with Crippen molar-refractivity contribution in [2.24, 2.45) is 0 Å². The first kappa shape index (κ1) is 17.8. The van der Waals surface area contributed by atoms with Gasteiger partial charge in [0.1, 0.15) is 11.0 Å². The predicted octanol–water partition coefficient (Wildman–Crippen LogP) is 5.10. The summed E-state index contributed by atoms with van der Waals surface area (Å²) in [5.74, 6) is 0. The van der Waals surface area contributed by atoms with Gasteiger partial charge in [-0.15, -0.1) is 0 Å². The number of nitrogens with zero attached hydrogens (tertiary/aromatic N) is 2. The third-order valence-corrected chi connectivity index (χ3v) is 6.66. The summed E-state index contributed by atoms with van der Waals surface area (Å²) in [6.45, 7) is 0. The van der Waals surface area contributed by atoms with E-state index in [0.29, 0.717) is 14.5 Å². The number of allylic oxidation sites excluding steroid dienone is 1. The minimum atomic E-state index is -3.95. The summed E-state index contributed by atoms with van der Waals surface area (Å²) >= 11 is 6.50. The van der Waals surface area contributed by atoms with Crippen LogP contribution in [0.1, 0.15) is 5.56 Å². The fourth-order valence-electron chi connectivity index (χ4n) is 2.31. The van der Waals surface area contributed by atoms with E-state index in [1.165, 1.54) is 12.1 Å². The van der Waals surface area contributed by atoms with Crippen molar-refractivity contribution in [2.75, 3.05) is 0 Å². The highest BCUT2D eigenvalue weighted by Crippen LogP contribution is 2.30. The summed E-state index contributed by atoms with van der Waals surface area (Å²) in [4.78, 5) is 3.94. The maximum atomic E-state index is 12.9. The third-order valence-electron chi connectivity index (χ3n) is 3.51. The fourth-order valence-corrected chi connectivity index (χ4v) is 4.96. The van der Waals surface area contributed by atoms with Crippen LogP contribution in [-0.2, 0) is 9.84 Å². The van der Waals surface area contributed by atoms with E-state index in [0.717, 1.165) is 10.9 Å². The van der Waals surface area contributed by atoms with Crippen LogP contribution in [0.25, 0.3) is 17.0 Å². The molecule has 7 heteroatoms. The number of aromatic nitrogens is 1. The number of pyridine rings is 1. The molecule has 1 aromatic heterocycles. The molecule has 0 aliphatic carbocycles. The lowest BCUT2D eigenvalue weighted by molar-refractivity contribution is 0.603. The molecule has 0 saturated carbocycles. The number of hydrogen-bond acceptors (Lipinski definition) is 4. The van der Waals surface area contributed by atoms with E-state index in [1.54, 1.807) is 48.7 Å². The van der Waals surface area contributed by atoms with Crippen molar-refractivity contribution >= 4 is 58.7 Å². The van der Waals surface area contributed by atoms with E-state index in [4.69, 9.17) is 0 Å². The van der Waals surface area contributed by atoms with Crippen LogP contribution in [0.4, 0.5) is 0 Å². The second-order valence-corrected chi connectivity index (χ2v) is 8.81. The topological polar surface area (TPSA) is 70.8 Å². The minimum Gasteiger partial charge on any atom is -0.256 e. The van der Waals surface area contributed by atoms with Crippen LogP contribution < -0.4 is 0 Å². The Balaban J connectivity index is 2.13. The first-order valence-corrected chi connectivity index (χ1v) is 10.2. The lowest BCUT2D eigenvalue weighted by Crippen LogP contribution is -2.04. The van der Waals surface area contributed by atoms with Crippen molar-refractivity contribution in [1.82, 2.24) is 4.98 Å². The molecule has 1 heterocycles. The molecule has 0 atom stereocenters.